The molecule has 5 heteroatoms. The van der Waals surface area contributed by atoms with E-state index in [1.54, 1.807) is 6.07 Å². The molecule has 0 amide bonds. The molecule has 0 bridgehead atoms. The summed E-state index contributed by atoms with van der Waals surface area (Å²) in [5.74, 6) is 0.0506. The number of rotatable bonds is 3. The minimum absolute atomic E-state index is 0.173. The highest BCUT2D eigenvalue weighted by Crippen LogP contribution is 2.34. The molecule has 0 saturated carbocycles. The molecule has 0 aliphatic heterocycles. The van der Waals surface area contributed by atoms with Crippen molar-refractivity contribution >= 4 is 0 Å². The second kappa shape index (κ2) is 4.32. The fourth-order valence-electron chi connectivity index (χ4n) is 1.48. The van der Waals surface area contributed by atoms with Gasteiger partial charge in [0.1, 0.15) is 17.3 Å². The van der Waals surface area contributed by atoms with Gasteiger partial charge in [0.25, 0.3) is 0 Å². The van der Waals surface area contributed by atoms with Crippen LogP contribution in [-0.2, 0) is 6.61 Å². The monoisotopic (exact) mass is 223 g/mol. The second-order valence-electron chi connectivity index (χ2n) is 3.10. The summed E-state index contributed by atoms with van der Waals surface area (Å²) in [6.07, 6.45) is 1.16. The molecule has 2 aromatic rings. The van der Waals surface area contributed by atoms with E-state index in [1.165, 1.54) is 19.2 Å². The molecule has 2 rings (SSSR count). The number of hydrogen-bond acceptors (Lipinski definition) is 4. The molecule has 1 aromatic carbocycles. The highest BCUT2D eigenvalue weighted by atomic mass is 19.1. The number of aliphatic hydroxyl groups is 1. The molecule has 0 aliphatic rings. The van der Waals surface area contributed by atoms with Crippen molar-refractivity contribution in [3.63, 3.8) is 0 Å². The van der Waals surface area contributed by atoms with Gasteiger partial charge in [-0.15, -0.1) is 0 Å². The summed E-state index contributed by atoms with van der Waals surface area (Å²) in [7, 11) is 1.44. The van der Waals surface area contributed by atoms with Crippen LogP contribution in [0.2, 0.25) is 0 Å². The maximum atomic E-state index is 13.7. The van der Waals surface area contributed by atoms with Crippen molar-refractivity contribution < 1.29 is 18.7 Å². The van der Waals surface area contributed by atoms with E-state index in [4.69, 9.17) is 14.3 Å². The fraction of sp³-hybridized carbons (Fsp3) is 0.182. The first-order chi connectivity index (χ1) is 7.77. The molecule has 1 aromatic heterocycles. The van der Waals surface area contributed by atoms with Crippen molar-refractivity contribution in [1.29, 1.82) is 0 Å². The van der Waals surface area contributed by atoms with Crippen LogP contribution in [0.4, 0.5) is 4.39 Å². The lowest BCUT2D eigenvalue weighted by molar-refractivity contribution is 0.277. The Morgan fingerprint density at radius 2 is 2.31 bits per heavy atom. The minimum Gasteiger partial charge on any atom is -0.496 e. The van der Waals surface area contributed by atoms with Crippen LogP contribution in [0, 0.1) is 5.82 Å². The lowest BCUT2D eigenvalue weighted by Crippen LogP contribution is -1.94. The third kappa shape index (κ3) is 1.65. The van der Waals surface area contributed by atoms with Gasteiger partial charge in [-0.2, -0.15) is 0 Å². The second-order valence-corrected chi connectivity index (χ2v) is 3.10. The van der Waals surface area contributed by atoms with Crippen LogP contribution in [-0.4, -0.2) is 17.2 Å². The van der Waals surface area contributed by atoms with Crippen molar-refractivity contribution in [2.45, 2.75) is 6.61 Å². The van der Waals surface area contributed by atoms with Gasteiger partial charge < -0.3 is 14.3 Å². The Hall–Kier alpha value is -1.88. The van der Waals surface area contributed by atoms with Crippen molar-refractivity contribution in [3.05, 3.63) is 36.1 Å². The average molecular weight is 223 g/mol. The van der Waals surface area contributed by atoms with Gasteiger partial charge >= 0.3 is 0 Å². The van der Waals surface area contributed by atoms with E-state index in [-0.39, 0.29) is 23.6 Å². The predicted molar refractivity (Wildman–Crippen MR) is 54.4 cm³/mol. The van der Waals surface area contributed by atoms with Gasteiger partial charge in [-0.05, 0) is 12.1 Å². The summed E-state index contributed by atoms with van der Waals surface area (Å²) < 4.78 is 23.8. The Kier molecular flexibility index (Phi) is 2.87. The van der Waals surface area contributed by atoms with Crippen LogP contribution in [0.1, 0.15) is 5.69 Å². The first-order valence-electron chi connectivity index (χ1n) is 4.64. The molecular weight excluding hydrogens is 213 g/mol. The molecular formula is C11H10FNO3. The highest BCUT2D eigenvalue weighted by Gasteiger charge is 2.18. The molecule has 0 saturated heterocycles. The zero-order chi connectivity index (χ0) is 11.5. The van der Waals surface area contributed by atoms with Crippen molar-refractivity contribution in [2.75, 3.05) is 7.11 Å². The number of hydrogen-bond donors (Lipinski definition) is 1. The van der Waals surface area contributed by atoms with Crippen molar-refractivity contribution in [1.82, 2.24) is 4.98 Å². The Labute approximate surface area is 91.3 Å². The Balaban J connectivity index is 2.63. The summed E-state index contributed by atoms with van der Waals surface area (Å²) in [5, 5.41) is 9.04. The smallest absolute Gasteiger partial charge is 0.181 e. The first kappa shape index (κ1) is 10.6. The van der Waals surface area contributed by atoms with E-state index < -0.39 is 5.82 Å². The van der Waals surface area contributed by atoms with Gasteiger partial charge in [-0.3, -0.25) is 0 Å². The first-order valence-corrected chi connectivity index (χ1v) is 4.64. The fourth-order valence-corrected chi connectivity index (χ4v) is 1.48. The van der Waals surface area contributed by atoms with Crippen LogP contribution >= 0.6 is 0 Å². The number of oxazole rings is 1. The molecule has 1 N–H and O–H groups in total. The molecule has 0 aliphatic carbocycles. The summed E-state index contributed by atoms with van der Waals surface area (Å²) in [4.78, 5) is 3.79. The zero-order valence-corrected chi connectivity index (χ0v) is 8.61. The highest BCUT2D eigenvalue weighted by molar-refractivity contribution is 5.68. The summed E-state index contributed by atoms with van der Waals surface area (Å²) in [6.45, 7) is -0.316. The van der Waals surface area contributed by atoms with Gasteiger partial charge in [0.05, 0.1) is 19.3 Å². The quantitative estimate of drug-likeness (QED) is 0.864. The maximum Gasteiger partial charge on any atom is 0.181 e. The lowest BCUT2D eigenvalue weighted by atomic mass is 10.1. The van der Waals surface area contributed by atoms with Crippen molar-refractivity contribution in [2.24, 2.45) is 0 Å². The standard InChI is InChI=1S/C11H10FNO3/c1-15-9-4-2-3-7(12)10(9)11-8(5-14)13-6-16-11/h2-4,6,14H,5H2,1H3. The largest absolute Gasteiger partial charge is 0.496 e. The van der Waals surface area contributed by atoms with Gasteiger partial charge in [0, 0.05) is 0 Å². The Morgan fingerprint density at radius 1 is 1.50 bits per heavy atom. The molecule has 0 atom stereocenters. The molecule has 0 spiro atoms. The van der Waals surface area contributed by atoms with Crippen molar-refractivity contribution in [3.8, 4) is 17.1 Å². The van der Waals surface area contributed by atoms with E-state index in [0.29, 0.717) is 5.75 Å². The normalized spacial score (nSPS) is 10.4. The molecule has 4 nitrogen and oxygen atoms in total. The third-order valence-corrected chi connectivity index (χ3v) is 2.21. The third-order valence-electron chi connectivity index (χ3n) is 2.21. The summed E-state index contributed by atoms with van der Waals surface area (Å²) >= 11 is 0. The van der Waals surface area contributed by atoms with Crippen LogP contribution in [0.15, 0.2) is 29.0 Å². The van der Waals surface area contributed by atoms with Crippen LogP contribution in [0.25, 0.3) is 11.3 Å². The maximum absolute atomic E-state index is 13.7. The average Bonchev–Trinajstić information content (AvgIpc) is 2.76. The zero-order valence-electron chi connectivity index (χ0n) is 8.61. The molecule has 0 unspecified atom stereocenters. The van der Waals surface area contributed by atoms with E-state index in [2.05, 4.69) is 4.98 Å². The number of nitrogens with zero attached hydrogens (tertiary/aromatic N) is 1. The molecule has 1 heterocycles. The Morgan fingerprint density at radius 3 is 3.00 bits per heavy atom. The van der Waals surface area contributed by atoms with E-state index in [0.717, 1.165) is 6.39 Å². The topological polar surface area (TPSA) is 55.5 Å². The van der Waals surface area contributed by atoms with Crippen LogP contribution in [0.5, 0.6) is 5.75 Å². The van der Waals surface area contributed by atoms with Gasteiger partial charge in [0.15, 0.2) is 12.2 Å². The lowest BCUT2D eigenvalue weighted by Gasteiger charge is -2.07. The van der Waals surface area contributed by atoms with E-state index in [9.17, 15) is 4.39 Å². The number of halogens is 1. The predicted octanol–water partition coefficient (Wildman–Crippen LogP) is 1.98. The summed E-state index contributed by atoms with van der Waals surface area (Å²) in [5.41, 5.74) is 0.454. The molecule has 84 valence electrons. The molecule has 0 fully saturated rings. The summed E-state index contributed by atoms with van der Waals surface area (Å²) in [6, 6.07) is 4.44. The van der Waals surface area contributed by atoms with E-state index >= 15 is 0 Å². The number of benzene rings is 1. The SMILES string of the molecule is COc1cccc(F)c1-c1ocnc1CO. The van der Waals surface area contributed by atoms with Gasteiger partial charge in [0.2, 0.25) is 0 Å². The number of ether oxygens (including phenoxy) is 1. The molecule has 16 heavy (non-hydrogen) atoms. The van der Waals surface area contributed by atoms with E-state index in [1.807, 2.05) is 0 Å². The Bertz CT molecular complexity index is 496. The number of aliphatic hydroxyl groups excluding tert-OH is 1. The van der Waals surface area contributed by atoms with Gasteiger partial charge in [-0.1, -0.05) is 6.07 Å². The van der Waals surface area contributed by atoms with Crippen LogP contribution < -0.4 is 4.74 Å². The number of aromatic nitrogens is 1. The van der Waals surface area contributed by atoms with Gasteiger partial charge in [-0.25, -0.2) is 9.37 Å². The van der Waals surface area contributed by atoms with Crippen LogP contribution in [0.3, 0.4) is 0 Å². The molecule has 0 radical (unpaired) electrons. The number of methoxy groups -OCH3 is 1. The minimum atomic E-state index is -0.481.